The lowest BCUT2D eigenvalue weighted by Crippen LogP contribution is -2.59. The van der Waals surface area contributed by atoms with E-state index in [1.165, 1.54) is 6.42 Å². The molecule has 1 atom stereocenters. The number of nitrogens with one attached hydrogen (secondary N) is 2. The second-order valence-electron chi connectivity index (χ2n) is 6.33. The monoisotopic (exact) mass is 240 g/mol. The molecule has 1 amide bonds. The number of rotatable bonds is 2. The van der Waals surface area contributed by atoms with Gasteiger partial charge in [0.2, 0.25) is 0 Å². The second kappa shape index (κ2) is 4.48. The normalized spacial score (nSPS) is 27.4. The van der Waals surface area contributed by atoms with Gasteiger partial charge in [0.25, 0.3) is 0 Å². The van der Waals surface area contributed by atoms with Gasteiger partial charge in [-0.05, 0) is 58.9 Å². The maximum absolute atomic E-state index is 11.9. The van der Waals surface area contributed by atoms with Crippen LogP contribution in [-0.2, 0) is 4.74 Å². The third-order valence-electron chi connectivity index (χ3n) is 3.84. The number of carbonyl (C=O) groups excluding carboxylic acids is 1. The molecule has 0 spiro atoms. The first-order valence-corrected chi connectivity index (χ1v) is 6.63. The zero-order chi connectivity index (χ0) is 12.5. The van der Waals surface area contributed by atoms with Crippen molar-refractivity contribution in [2.24, 2.45) is 5.92 Å². The quantitative estimate of drug-likeness (QED) is 0.776. The van der Waals surface area contributed by atoms with Crippen LogP contribution in [-0.4, -0.2) is 30.3 Å². The number of ether oxygens (including phenoxy) is 1. The first kappa shape index (κ1) is 12.7. The predicted octanol–water partition coefficient (Wildman–Crippen LogP) is 2.04. The maximum Gasteiger partial charge on any atom is 0.408 e. The lowest BCUT2D eigenvalue weighted by molar-refractivity contribution is 0.0288. The summed E-state index contributed by atoms with van der Waals surface area (Å²) in [6.07, 6.45) is 4.31. The average Bonchev–Trinajstić information content (AvgIpc) is 2.60. The largest absolute Gasteiger partial charge is 0.444 e. The second-order valence-corrected chi connectivity index (χ2v) is 6.33. The molecule has 2 aliphatic rings. The molecule has 0 aromatic heterocycles. The summed E-state index contributed by atoms with van der Waals surface area (Å²) >= 11 is 0. The molecule has 98 valence electrons. The molecule has 4 heteroatoms. The molecule has 17 heavy (non-hydrogen) atoms. The van der Waals surface area contributed by atoms with Crippen LogP contribution in [0.5, 0.6) is 0 Å². The van der Waals surface area contributed by atoms with Crippen molar-refractivity contribution in [2.75, 3.05) is 13.1 Å². The summed E-state index contributed by atoms with van der Waals surface area (Å²) in [7, 11) is 0. The van der Waals surface area contributed by atoms with Crippen LogP contribution in [0.15, 0.2) is 0 Å². The Morgan fingerprint density at radius 3 is 2.53 bits per heavy atom. The molecule has 1 heterocycles. The highest BCUT2D eigenvalue weighted by Gasteiger charge is 2.46. The smallest absolute Gasteiger partial charge is 0.408 e. The van der Waals surface area contributed by atoms with E-state index in [1.54, 1.807) is 0 Å². The fraction of sp³-hybridized carbons (Fsp3) is 0.923. The molecular formula is C13H24N2O2. The zero-order valence-corrected chi connectivity index (χ0v) is 11.1. The van der Waals surface area contributed by atoms with E-state index in [1.807, 2.05) is 20.8 Å². The summed E-state index contributed by atoms with van der Waals surface area (Å²) in [4.78, 5) is 11.9. The molecule has 0 bridgehead atoms. The van der Waals surface area contributed by atoms with Crippen molar-refractivity contribution >= 4 is 6.09 Å². The van der Waals surface area contributed by atoms with Crippen LogP contribution in [0.4, 0.5) is 4.79 Å². The Kier molecular flexibility index (Phi) is 3.34. The van der Waals surface area contributed by atoms with Gasteiger partial charge in [0, 0.05) is 12.1 Å². The molecular weight excluding hydrogens is 216 g/mol. The minimum atomic E-state index is -0.414. The van der Waals surface area contributed by atoms with Gasteiger partial charge in [-0.1, -0.05) is 0 Å². The Balaban J connectivity index is 1.93. The van der Waals surface area contributed by atoms with Crippen molar-refractivity contribution in [3.8, 4) is 0 Å². The number of amides is 1. The molecule has 1 aliphatic heterocycles. The molecule has 1 unspecified atom stereocenters. The minimum Gasteiger partial charge on any atom is -0.444 e. The van der Waals surface area contributed by atoms with Crippen LogP contribution in [0.1, 0.15) is 46.5 Å². The third kappa shape index (κ3) is 2.92. The van der Waals surface area contributed by atoms with Gasteiger partial charge < -0.3 is 15.4 Å². The zero-order valence-electron chi connectivity index (χ0n) is 11.1. The highest BCUT2D eigenvalue weighted by Crippen LogP contribution is 2.41. The third-order valence-corrected chi connectivity index (χ3v) is 3.84. The molecule has 0 aromatic carbocycles. The Bertz CT molecular complexity index is 286. The Morgan fingerprint density at radius 1 is 1.41 bits per heavy atom. The average molecular weight is 240 g/mol. The van der Waals surface area contributed by atoms with Gasteiger partial charge in [0.15, 0.2) is 0 Å². The van der Waals surface area contributed by atoms with E-state index in [0.717, 1.165) is 32.4 Å². The van der Waals surface area contributed by atoms with E-state index < -0.39 is 5.60 Å². The van der Waals surface area contributed by atoms with Crippen LogP contribution in [0.3, 0.4) is 0 Å². The van der Waals surface area contributed by atoms with E-state index >= 15 is 0 Å². The van der Waals surface area contributed by atoms with Crippen molar-refractivity contribution < 1.29 is 9.53 Å². The fourth-order valence-corrected chi connectivity index (χ4v) is 2.83. The van der Waals surface area contributed by atoms with Crippen LogP contribution in [0.25, 0.3) is 0 Å². The van der Waals surface area contributed by atoms with Crippen LogP contribution < -0.4 is 10.6 Å². The predicted molar refractivity (Wildman–Crippen MR) is 66.9 cm³/mol. The van der Waals surface area contributed by atoms with E-state index in [0.29, 0.717) is 5.92 Å². The molecule has 2 N–H and O–H groups in total. The van der Waals surface area contributed by atoms with E-state index in [2.05, 4.69) is 10.6 Å². The van der Waals surface area contributed by atoms with Gasteiger partial charge in [-0.25, -0.2) is 4.79 Å². The molecule has 1 saturated carbocycles. The van der Waals surface area contributed by atoms with Crippen LogP contribution in [0.2, 0.25) is 0 Å². The topological polar surface area (TPSA) is 50.4 Å². The van der Waals surface area contributed by atoms with Gasteiger partial charge in [-0.3, -0.25) is 0 Å². The van der Waals surface area contributed by atoms with Crippen LogP contribution >= 0.6 is 0 Å². The number of hydrogen-bond acceptors (Lipinski definition) is 3. The lowest BCUT2D eigenvalue weighted by atomic mass is 9.67. The number of alkyl carbamates (subject to hydrolysis) is 1. The Hall–Kier alpha value is -0.770. The standard InChI is InChI=1S/C13H24N2O2/c1-12(2,3)17-11(16)15-13(6-4-7-13)10-5-8-14-9-10/h10,14H,4-9H2,1-3H3,(H,15,16). The van der Waals surface area contributed by atoms with E-state index in [-0.39, 0.29) is 11.6 Å². The summed E-state index contributed by atoms with van der Waals surface area (Å²) in [5, 5.41) is 6.50. The van der Waals surface area contributed by atoms with Crippen molar-refractivity contribution in [3.63, 3.8) is 0 Å². The SMILES string of the molecule is CC(C)(C)OC(=O)NC1(C2CCNC2)CCC1. The molecule has 4 nitrogen and oxygen atoms in total. The molecule has 2 fully saturated rings. The van der Waals surface area contributed by atoms with E-state index in [9.17, 15) is 4.79 Å². The summed E-state index contributed by atoms with van der Waals surface area (Å²) < 4.78 is 5.36. The highest BCUT2D eigenvalue weighted by molar-refractivity contribution is 5.69. The first-order valence-electron chi connectivity index (χ1n) is 6.63. The Labute approximate surface area is 103 Å². The van der Waals surface area contributed by atoms with Gasteiger partial charge in [0.1, 0.15) is 5.60 Å². The van der Waals surface area contributed by atoms with Gasteiger partial charge in [0.05, 0.1) is 0 Å². The molecule has 1 saturated heterocycles. The van der Waals surface area contributed by atoms with Gasteiger partial charge in [-0.15, -0.1) is 0 Å². The van der Waals surface area contributed by atoms with Crippen molar-refractivity contribution in [3.05, 3.63) is 0 Å². The van der Waals surface area contributed by atoms with Crippen LogP contribution in [0, 0.1) is 5.92 Å². The molecule has 2 rings (SSSR count). The van der Waals surface area contributed by atoms with Crippen molar-refractivity contribution in [1.82, 2.24) is 10.6 Å². The Morgan fingerprint density at radius 2 is 2.12 bits per heavy atom. The lowest BCUT2D eigenvalue weighted by Gasteiger charge is -2.47. The van der Waals surface area contributed by atoms with Gasteiger partial charge >= 0.3 is 6.09 Å². The van der Waals surface area contributed by atoms with Crippen molar-refractivity contribution in [2.45, 2.75) is 57.6 Å². The fourth-order valence-electron chi connectivity index (χ4n) is 2.83. The molecule has 0 aromatic rings. The number of hydrogen-bond donors (Lipinski definition) is 2. The number of carbonyl (C=O) groups is 1. The first-order chi connectivity index (χ1) is 7.91. The summed E-state index contributed by atoms with van der Waals surface area (Å²) in [6, 6.07) is 0. The summed E-state index contributed by atoms with van der Waals surface area (Å²) in [5.41, 5.74) is -0.408. The molecule has 0 radical (unpaired) electrons. The minimum absolute atomic E-state index is 0.00579. The van der Waals surface area contributed by atoms with Crippen molar-refractivity contribution in [1.29, 1.82) is 0 Å². The summed E-state index contributed by atoms with van der Waals surface area (Å²) in [5.74, 6) is 0.573. The highest BCUT2D eigenvalue weighted by atomic mass is 16.6. The summed E-state index contributed by atoms with van der Waals surface area (Å²) in [6.45, 7) is 7.80. The molecule has 1 aliphatic carbocycles. The van der Waals surface area contributed by atoms with E-state index in [4.69, 9.17) is 4.74 Å². The van der Waals surface area contributed by atoms with Gasteiger partial charge in [-0.2, -0.15) is 0 Å². The maximum atomic E-state index is 11.9.